The topological polar surface area (TPSA) is 26.0 Å². The molecule has 0 fully saturated rings. The van der Waals surface area contributed by atoms with Gasteiger partial charge in [0, 0.05) is 10.6 Å². The Balaban J connectivity index is 2.53. The molecule has 1 nitrogen and oxygen atoms in total. The molecule has 0 spiro atoms. The Hall–Kier alpha value is -1.52. The van der Waals surface area contributed by atoms with E-state index in [1.54, 1.807) is 25.1 Å². The van der Waals surface area contributed by atoms with Crippen LogP contribution in [0.15, 0.2) is 30.3 Å². The first kappa shape index (κ1) is 13.9. The molecule has 0 amide bonds. The molecule has 0 aliphatic rings. The Kier molecular flexibility index (Phi) is 3.83. The van der Waals surface area contributed by atoms with E-state index < -0.39 is 23.5 Å². The van der Waals surface area contributed by atoms with Gasteiger partial charge in [0.25, 0.3) is 0 Å². The van der Waals surface area contributed by atoms with Gasteiger partial charge in [0.15, 0.2) is 17.5 Å². The zero-order valence-corrected chi connectivity index (χ0v) is 10.8. The summed E-state index contributed by atoms with van der Waals surface area (Å²) in [5.74, 6) is -4.06. The number of aryl methyl sites for hydroxylation is 1. The van der Waals surface area contributed by atoms with Crippen molar-refractivity contribution < 1.29 is 13.2 Å². The van der Waals surface area contributed by atoms with Gasteiger partial charge in [0.2, 0.25) is 0 Å². The lowest BCUT2D eigenvalue weighted by molar-refractivity contribution is 0.438. The van der Waals surface area contributed by atoms with Gasteiger partial charge in [-0.3, -0.25) is 0 Å². The predicted octanol–water partition coefficient (Wildman–Crippen LogP) is 4.11. The van der Waals surface area contributed by atoms with Crippen molar-refractivity contribution in [3.05, 3.63) is 69.5 Å². The highest BCUT2D eigenvalue weighted by Gasteiger charge is 2.21. The first-order valence-electron chi connectivity index (χ1n) is 5.57. The number of benzene rings is 2. The lowest BCUT2D eigenvalue weighted by Crippen LogP contribution is -2.15. The average Bonchev–Trinajstić information content (AvgIpc) is 2.39. The maximum absolute atomic E-state index is 13.7. The summed E-state index contributed by atoms with van der Waals surface area (Å²) in [6.07, 6.45) is 0. The molecule has 2 N–H and O–H groups in total. The van der Waals surface area contributed by atoms with E-state index in [1.165, 1.54) is 0 Å². The summed E-state index contributed by atoms with van der Waals surface area (Å²) >= 11 is 6.09. The van der Waals surface area contributed by atoms with Crippen molar-refractivity contribution in [1.29, 1.82) is 0 Å². The number of halogens is 4. The van der Waals surface area contributed by atoms with Crippen LogP contribution in [0, 0.1) is 24.4 Å². The van der Waals surface area contributed by atoms with E-state index in [4.69, 9.17) is 17.3 Å². The van der Waals surface area contributed by atoms with Gasteiger partial charge in [-0.05, 0) is 24.1 Å². The summed E-state index contributed by atoms with van der Waals surface area (Å²) in [6, 6.07) is 6.13. The van der Waals surface area contributed by atoms with Crippen LogP contribution in [-0.2, 0) is 0 Å². The molecule has 2 aromatic rings. The summed E-state index contributed by atoms with van der Waals surface area (Å²) in [7, 11) is 0. The van der Waals surface area contributed by atoms with E-state index in [1.807, 2.05) is 0 Å². The van der Waals surface area contributed by atoms with Crippen molar-refractivity contribution in [3.8, 4) is 0 Å². The summed E-state index contributed by atoms with van der Waals surface area (Å²) in [5.41, 5.74) is 7.00. The Morgan fingerprint density at radius 1 is 1.00 bits per heavy atom. The van der Waals surface area contributed by atoms with Crippen molar-refractivity contribution in [2.45, 2.75) is 13.0 Å². The normalized spacial score (nSPS) is 12.5. The summed E-state index contributed by atoms with van der Waals surface area (Å²) in [4.78, 5) is 0. The number of nitrogens with two attached hydrogens (primary N) is 1. The second kappa shape index (κ2) is 5.23. The number of hydrogen-bond donors (Lipinski definition) is 1. The van der Waals surface area contributed by atoms with Crippen LogP contribution in [0.25, 0.3) is 0 Å². The van der Waals surface area contributed by atoms with Gasteiger partial charge in [0.05, 0.1) is 6.04 Å². The maximum Gasteiger partial charge on any atom is 0.194 e. The molecule has 5 heteroatoms. The standard InChI is InChI=1S/C14H11ClF3N/c1-7-3-2-4-8(11(7)15)14(19)9-5-6-10(16)13(18)12(9)17/h2-6,14H,19H2,1H3. The van der Waals surface area contributed by atoms with Gasteiger partial charge in [-0.25, -0.2) is 13.2 Å². The fourth-order valence-corrected chi connectivity index (χ4v) is 2.10. The minimum absolute atomic E-state index is 0.133. The maximum atomic E-state index is 13.7. The Bertz CT molecular complexity index is 628. The highest BCUT2D eigenvalue weighted by Crippen LogP contribution is 2.31. The second-order valence-electron chi connectivity index (χ2n) is 4.22. The first-order valence-corrected chi connectivity index (χ1v) is 5.95. The summed E-state index contributed by atoms with van der Waals surface area (Å²) in [5, 5.41) is 0.388. The molecule has 2 aromatic carbocycles. The van der Waals surface area contributed by atoms with Crippen molar-refractivity contribution in [2.24, 2.45) is 5.73 Å². The van der Waals surface area contributed by atoms with Crippen LogP contribution >= 0.6 is 11.6 Å². The molecule has 19 heavy (non-hydrogen) atoms. The smallest absolute Gasteiger partial charge is 0.194 e. The van der Waals surface area contributed by atoms with Crippen LogP contribution in [0.1, 0.15) is 22.7 Å². The van der Waals surface area contributed by atoms with Gasteiger partial charge in [-0.1, -0.05) is 35.9 Å². The molecule has 0 aliphatic carbocycles. The van der Waals surface area contributed by atoms with Crippen LogP contribution in [0.5, 0.6) is 0 Å². The molecular weight excluding hydrogens is 275 g/mol. The third-order valence-electron chi connectivity index (χ3n) is 2.96. The molecule has 0 aromatic heterocycles. The number of rotatable bonds is 2. The largest absolute Gasteiger partial charge is 0.320 e. The fourth-order valence-electron chi connectivity index (χ4n) is 1.86. The molecular formula is C14H11ClF3N. The predicted molar refractivity (Wildman–Crippen MR) is 68.5 cm³/mol. The lowest BCUT2D eigenvalue weighted by atomic mass is 9.97. The van der Waals surface area contributed by atoms with Gasteiger partial charge in [0.1, 0.15) is 0 Å². The van der Waals surface area contributed by atoms with E-state index in [9.17, 15) is 13.2 Å². The zero-order valence-electron chi connectivity index (χ0n) is 10.1. The van der Waals surface area contributed by atoms with Crippen molar-refractivity contribution in [1.82, 2.24) is 0 Å². The Morgan fingerprint density at radius 2 is 1.68 bits per heavy atom. The molecule has 0 saturated carbocycles. The van der Waals surface area contributed by atoms with Gasteiger partial charge in [-0.2, -0.15) is 0 Å². The van der Waals surface area contributed by atoms with E-state index in [2.05, 4.69) is 0 Å². The lowest BCUT2D eigenvalue weighted by Gasteiger charge is -2.16. The first-order chi connectivity index (χ1) is 8.93. The van der Waals surface area contributed by atoms with Crippen LogP contribution in [0.4, 0.5) is 13.2 Å². The highest BCUT2D eigenvalue weighted by atomic mass is 35.5. The SMILES string of the molecule is Cc1cccc(C(N)c2ccc(F)c(F)c2F)c1Cl. The summed E-state index contributed by atoms with van der Waals surface area (Å²) < 4.78 is 39.8. The molecule has 0 bridgehead atoms. The molecule has 1 atom stereocenters. The average molecular weight is 286 g/mol. The molecule has 0 radical (unpaired) electrons. The van der Waals surface area contributed by atoms with Gasteiger partial charge in [-0.15, -0.1) is 0 Å². The quantitative estimate of drug-likeness (QED) is 0.826. The van der Waals surface area contributed by atoms with E-state index in [0.717, 1.165) is 17.7 Å². The van der Waals surface area contributed by atoms with Gasteiger partial charge < -0.3 is 5.73 Å². The molecule has 100 valence electrons. The molecule has 2 rings (SSSR count). The summed E-state index contributed by atoms with van der Waals surface area (Å²) in [6.45, 7) is 1.78. The number of hydrogen-bond acceptors (Lipinski definition) is 1. The zero-order chi connectivity index (χ0) is 14.2. The minimum Gasteiger partial charge on any atom is -0.320 e. The highest BCUT2D eigenvalue weighted by molar-refractivity contribution is 6.32. The van der Waals surface area contributed by atoms with Crippen LogP contribution in [0.3, 0.4) is 0 Å². The minimum atomic E-state index is -1.53. The monoisotopic (exact) mass is 285 g/mol. The molecule has 0 aliphatic heterocycles. The van der Waals surface area contributed by atoms with Crippen molar-refractivity contribution >= 4 is 11.6 Å². The third-order valence-corrected chi connectivity index (χ3v) is 3.47. The van der Waals surface area contributed by atoms with Crippen LogP contribution < -0.4 is 5.73 Å². The van der Waals surface area contributed by atoms with E-state index in [-0.39, 0.29) is 5.56 Å². The second-order valence-corrected chi connectivity index (χ2v) is 4.60. The van der Waals surface area contributed by atoms with Crippen molar-refractivity contribution in [2.75, 3.05) is 0 Å². The fraction of sp³-hybridized carbons (Fsp3) is 0.143. The molecule has 0 heterocycles. The van der Waals surface area contributed by atoms with Gasteiger partial charge >= 0.3 is 0 Å². The van der Waals surface area contributed by atoms with Crippen LogP contribution in [0.2, 0.25) is 5.02 Å². The van der Waals surface area contributed by atoms with Crippen LogP contribution in [-0.4, -0.2) is 0 Å². The Labute approximate surface area is 113 Å². The Morgan fingerprint density at radius 3 is 2.37 bits per heavy atom. The van der Waals surface area contributed by atoms with E-state index >= 15 is 0 Å². The molecule has 0 saturated heterocycles. The van der Waals surface area contributed by atoms with Crippen molar-refractivity contribution in [3.63, 3.8) is 0 Å². The third kappa shape index (κ3) is 2.46. The van der Waals surface area contributed by atoms with E-state index in [0.29, 0.717) is 10.6 Å². The molecule has 1 unspecified atom stereocenters.